The van der Waals surface area contributed by atoms with Crippen LogP contribution in [0.4, 0.5) is 0 Å². The molecule has 160 valence electrons. The number of nitrogens with one attached hydrogen (secondary N) is 2. The minimum absolute atomic E-state index is 0.0748. The number of piperidine rings is 1. The van der Waals surface area contributed by atoms with Crippen molar-refractivity contribution in [2.75, 3.05) is 13.1 Å². The van der Waals surface area contributed by atoms with Crippen LogP contribution >= 0.6 is 0 Å². The van der Waals surface area contributed by atoms with Crippen molar-refractivity contribution in [1.29, 1.82) is 0 Å². The summed E-state index contributed by atoms with van der Waals surface area (Å²) in [5.74, 6) is 2.29. The molecule has 3 heterocycles. The number of benzene rings is 1. The van der Waals surface area contributed by atoms with Gasteiger partial charge in [0.05, 0.1) is 23.1 Å². The highest BCUT2D eigenvalue weighted by atomic mass is 16.2. The lowest BCUT2D eigenvalue weighted by Crippen LogP contribution is -2.56. The molecule has 0 spiro atoms. The molecule has 1 aliphatic rings. The summed E-state index contributed by atoms with van der Waals surface area (Å²) in [5, 5.41) is 16.3. The molecule has 1 amide bonds. The van der Waals surface area contributed by atoms with Crippen LogP contribution in [-0.2, 0) is 23.4 Å². The van der Waals surface area contributed by atoms with E-state index < -0.39 is 5.54 Å². The number of rotatable bonds is 7. The van der Waals surface area contributed by atoms with Gasteiger partial charge in [-0.25, -0.2) is 9.67 Å². The molecule has 3 aromatic rings. The van der Waals surface area contributed by atoms with Crippen molar-refractivity contribution in [3.8, 4) is 0 Å². The van der Waals surface area contributed by atoms with Gasteiger partial charge in [-0.2, -0.15) is 0 Å². The Labute approximate surface area is 176 Å². The Morgan fingerprint density at radius 1 is 1.33 bits per heavy atom. The van der Waals surface area contributed by atoms with Crippen molar-refractivity contribution in [1.82, 2.24) is 40.4 Å². The average Bonchev–Trinajstić information content (AvgIpc) is 3.37. The van der Waals surface area contributed by atoms with Crippen LogP contribution < -0.4 is 5.32 Å². The summed E-state index contributed by atoms with van der Waals surface area (Å²) >= 11 is 0. The molecule has 0 radical (unpaired) electrons. The van der Waals surface area contributed by atoms with Crippen molar-refractivity contribution >= 4 is 16.9 Å². The molecule has 9 heteroatoms. The maximum absolute atomic E-state index is 12.2. The molecule has 0 aliphatic carbocycles. The van der Waals surface area contributed by atoms with Gasteiger partial charge in [0.2, 0.25) is 5.91 Å². The first kappa shape index (κ1) is 20.5. The lowest BCUT2D eigenvalue weighted by Gasteiger charge is -2.42. The van der Waals surface area contributed by atoms with Crippen LogP contribution in [0.3, 0.4) is 0 Å². The summed E-state index contributed by atoms with van der Waals surface area (Å²) in [6, 6.07) is 7.99. The number of para-hydroxylation sites is 2. The number of hydrogen-bond donors (Lipinski definition) is 2. The highest BCUT2D eigenvalue weighted by Gasteiger charge is 2.42. The predicted octanol–water partition coefficient (Wildman–Crippen LogP) is 2.22. The number of amides is 1. The topological polar surface area (TPSA) is 105 Å². The van der Waals surface area contributed by atoms with E-state index in [9.17, 15) is 4.79 Å². The normalized spacial score (nSPS) is 19.7. The van der Waals surface area contributed by atoms with Gasteiger partial charge in [-0.05, 0) is 47.7 Å². The zero-order valence-electron chi connectivity index (χ0n) is 17.9. The van der Waals surface area contributed by atoms with Crippen LogP contribution in [0.2, 0.25) is 0 Å². The second-order valence-electron chi connectivity index (χ2n) is 8.59. The van der Waals surface area contributed by atoms with Crippen LogP contribution in [0.25, 0.3) is 11.0 Å². The van der Waals surface area contributed by atoms with Gasteiger partial charge < -0.3 is 9.88 Å². The first-order valence-corrected chi connectivity index (χ1v) is 10.7. The van der Waals surface area contributed by atoms with Crippen molar-refractivity contribution in [2.24, 2.45) is 5.92 Å². The minimum Gasteiger partial charge on any atom is -0.341 e. The Balaban J connectivity index is 1.62. The zero-order valence-corrected chi connectivity index (χ0v) is 17.9. The Bertz CT molecular complexity index is 976. The molecule has 1 saturated heterocycles. The molecule has 1 atom stereocenters. The lowest BCUT2D eigenvalue weighted by molar-refractivity contribution is -0.131. The van der Waals surface area contributed by atoms with Gasteiger partial charge in [-0.1, -0.05) is 26.0 Å². The highest BCUT2D eigenvalue weighted by molar-refractivity contribution is 5.74. The van der Waals surface area contributed by atoms with E-state index in [0.717, 1.165) is 55.0 Å². The fraction of sp³-hybridized carbons (Fsp3) is 0.571. The number of carbonyl (C=O) groups is 1. The molecule has 9 nitrogen and oxygen atoms in total. The van der Waals surface area contributed by atoms with Crippen molar-refractivity contribution in [3.63, 3.8) is 0 Å². The fourth-order valence-corrected chi connectivity index (χ4v) is 4.15. The molecular weight excluding hydrogens is 380 g/mol. The molecule has 2 aromatic heterocycles. The van der Waals surface area contributed by atoms with Crippen LogP contribution in [-0.4, -0.2) is 54.1 Å². The number of aromatic amines is 1. The standard InChI is InChI=1S/C21H30N8O/c1-15(2)9-12-29-20(25-26-27-29)21(10-6-11-28(14-21)16(3)30)22-13-19-23-17-7-4-5-8-18(17)24-19/h4-5,7-8,15,22H,6,9-14H2,1-3H3,(H,23,24). The Morgan fingerprint density at radius 3 is 2.93 bits per heavy atom. The number of hydrogen-bond acceptors (Lipinski definition) is 6. The van der Waals surface area contributed by atoms with E-state index in [1.165, 1.54) is 0 Å². The average molecular weight is 411 g/mol. The summed E-state index contributed by atoms with van der Waals surface area (Å²) in [4.78, 5) is 22.1. The number of fused-ring (bicyclic) bond motifs is 1. The van der Waals surface area contributed by atoms with E-state index in [-0.39, 0.29) is 5.91 Å². The molecule has 30 heavy (non-hydrogen) atoms. The second-order valence-corrected chi connectivity index (χ2v) is 8.59. The Hall–Kier alpha value is -2.81. The number of aryl methyl sites for hydroxylation is 1. The van der Waals surface area contributed by atoms with E-state index in [0.29, 0.717) is 19.0 Å². The van der Waals surface area contributed by atoms with Gasteiger partial charge in [-0.15, -0.1) is 5.10 Å². The number of carbonyl (C=O) groups excluding carboxylic acids is 1. The van der Waals surface area contributed by atoms with Crippen LogP contribution in [0.1, 0.15) is 51.7 Å². The summed E-state index contributed by atoms with van der Waals surface area (Å²) < 4.78 is 1.90. The largest absolute Gasteiger partial charge is 0.341 e. The van der Waals surface area contributed by atoms with Gasteiger partial charge in [-0.3, -0.25) is 10.1 Å². The van der Waals surface area contributed by atoms with Crippen molar-refractivity contribution < 1.29 is 4.79 Å². The van der Waals surface area contributed by atoms with Crippen LogP contribution in [0.15, 0.2) is 24.3 Å². The van der Waals surface area contributed by atoms with Gasteiger partial charge in [0.25, 0.3) is 0 Å². The van der Waals surface area contributed by atoms with Crippen molar-refractivity contribution in [2.45, 2.75) is 58.7 Å². The molecule has 2 N–H and O–H groups in total. The molecule has 0 bridgehead atoms. The third kappa shape index (κ3) is 4.21. The quantitative estimate of drug-likeness (QED) is 0.619. The first-order valence-electron chi connectivity index (χ1n) is 10.7. The van der Waals surface area contributed by atoms with Gasteiger partial charge in [0.15, 0.2) is 5.82 Å². The Morgan fingerprint density at radius 2 is 2.17 bits per heavy atom. The maximum Gasteiger partial charge on any atom is 0.219 e. The number of aromatic nitrogens is 6. The number of imidazole rings is 1. The van der Waals surface area contributed by atoms with Gasteiger partial charge in [0.1, 0.15) is 5.82 Å². The maximum atomic E-state index is 12.2. The van der Waals surface area contributed by atoms with Crippen LogP contribution in [0.5, 0.6) is 0 Å². The third-order valence-electron chi connectivity index (χ3n) is 5.85. The first-order chi connectivity index (χ1) is 14.5. The van der Waals surface area contributed by atoms with E-state index in [1.54, 1.807) is 6.92 Å². The van der Waals surface area contributed by atoms with Gasteiger partial charge in [0, 0.05) is 26.6 Å². The second kappa shape index (κ2) is 8.51. The minimum atomic E-state index is -0.511. The van der Waals surface area contributed by atoms with E-state index in [1.807, 2.05) is 33.8 Å². The zero-order chi connectivity index (χ0) is 21.1. The number of likely N-dealkylation sites (tertiary alicyclic amines) is 1. The lowest BCUT2D eigenvalue weighted by atomic mass is 9.87. The molecule has 1 aliphatic heterocycles. The molecule has 1 fully saturated rings. The number of tetrazole rings is 1. The van der Waals surface area contributed by atoms with Crippen molar-refractivity contribution in [3.05, 3.63) is 35.9 Å². The summed E-state index contributed by atoms with van der Waals surface area (Å²) in [6.45, 7) is 8.61. The van der Waals surface area contributed by atoms with Gasteiger partial charge >= 0.3 is 0 Å². The van der Waals surface area contributed by atoms with Crippen LogP contribution in [0, 0.1) is 5.92 Å². The molecule has 0 saturated carbocycles. The predicted molar refractivity (Wildman–Crippen MR) is 113 cm³/mol. The molecule has 4 rings (SSSR count). The summed E-state index contributed by atoms with van der Waals surface area (Å²) in [7, 11) is 0. The SMILES string of the molecule is CC(=O)N1CCCC(NCc2nc3ccccc3[nH]2)(c2nnnn2CCC(C)C)C1. The monoisotopic (exact) mass is 410 g/mol. The fourth-order valence-electron chi connectivity index (χ4n) is 4.15. The van der Waals surface area contributed by atoms with E-state index >= 15 is 0 Å². The van der Waals surface area contributed by atoms with E-state index in [2.05, 4.69) is 44.7 Å². The number of nitrogens with zero attached hydrogens (tertiary/aromatic N) is 6. The third-order valence-corrected chi connectivity index (χ3v) is 5.85. The molecular formula is C21H30N8O. The highest BCUT2D eigenvalue weighted by Crippen LogP contribution is 2.31. The van der Waals surface area contributed by atoms with E-state index in [4.69, 9.17) is 0 Å². The smallest absolute Gasteiger partial charge is 0.219 e. The molecule has 1 unspecified atom stereocenters. The summed E-state index contributed by atoms with van der Waals surface area (Å²) in [6.07, 6.45) is 2.75. The Kier molecular flexibility index (Phi) is 5.80. The number of H-pyrrole nitrogens is 1. The summed E-state index contributed by atoms with van der Waals surface area (Å²) in [5.41, 5.74) is 1.45. The molecule has 1 aromatic carbocycles.